The molecular weight excluding hydrogens is 495 g/mol. The molecule has 0 amide bonds. The molecule has 0 spiro atoms. The lowest BCUT2D eigenvalue weighted by Gasteiger charge is -2.29. The summed E-state index contributed by atoms with van der Waals surface area (Å²) in [4.78, 5) is 11.4. The van der Waals surface area contributed by atoms with Gasteiger partial charge in [-0.3, -0.25) is 0 Å². The van der Waals surface area contributed by atoms with Gasteiger partial charge in [0.15, 0.2) is 0 Å². The van der Waals surface area contributed by atoms with Gasteiger partial charge in [0.2, 0.25) is 0 Å². The minimum atomic E-state index is 0. The third-order valence-corrected chi connectivity index (χ3v) is 6.32. The molecule has 2 heterocycles. The Bertz CT molecular complexity index is 1280. The maximum absolute atomic E-state index is 6.50. The Kier molecular flexibility index (Phi) is 8.66. The Morgan fingerprint density at radius 1 is 1.00 bits per heavy atom. The van der Waals surface area contributed by atoms with E-state index in [4.69, 9.17) is 21.1 Å². The molecule has 34 heavy (non-hydrogen) atoms. The number of rotatable bonds is 5. The zero-order valence-corrected chi connectivity index (χ0v) is 21.3. The van der Waals surface area contributed by atoms with Gasteiger partial charge in [0, 0.05) is 46.7 Å². The second kappa shape index (κ2) is 11.3. The van der Waals surface area contributed by atoms with Crippen LogP contribution in [0, 0.1) is 0 Å². The number of fused-ring (bicyclic) bond motifs is 2. The topological polar surface area (TPSA) is 59.5 Å². The molecule has 6 nitrogen and oxygen atoms in total. The van der Waals surface area contributed by atoms with Crippen molar-refractivity contribution in [1.29, 1.82) is 0 Å². The van der Waals surface area contributed by atoms with E-state index in [1.807, 2.05) is 48.5 Å². The van der Waals surface area contributed by atoms with E-state index in [-0.39, 0.29) is 30.9 Å². The predicted molar refractivity (Wildman–Crippen MR) is 144 cm³/mol. The Labute approximate surface area is 216 Å². The summed E-state index contributed by atoms with van der Waals surface area (Å²) in [5, 5.41) is 7.07. The number of methoxy groups -OCH3 is 1. The predicted octanol–water partition coefficient (Wildman–Crippen LogP) is 6.51. The number of anilines is 2. The highest BCUT2D eigenvalue weighted by molar-refractivity contribution is 6.35. The Morgan fingerprint density at radius 3 is 2.50 bits per heavy atom. The molecule has 1 aliphatic rings. The van der Waals surface area contributed by atoms with Gasteiger partial charge >= 0.3 is 0 Å². The van der Waals surface area contributed by atoms with Crippen molar-refractivity contribution in [2.45, 2.75) is 18.9 Å². The van der Waals surface area contributed by atoms with Crippen LogP contribution in [0.5, 0.6) is 11.5 Å². The minimum absolute atomic E-state index is 0. The number of aromatic nitrogens is 2. The van der Waals surface area contributed by atoms with Crippen LogP contribution < -0.4 is 14.8 Å². The largest absolute Gasteiger partial charge is 0.497 e. The van der Waals surface area contributed by atoms with Gasteiger partial charge in [-0.1, -0.05) is 35.9 Å². The summed E-state index contributed by atoms with van der Waals surface area (Å²) in [5.41, 5.74) is 1.69. The number of ether oxygens (including phenoxy) is 2. The second-order valence-electron chi connectivity index (χ2n) is 8.13. The maximum Gasteiger partial charge on any atom is 0.145 e. The molecule has 1 aromatic heterocycles. The lowest BCUT2D eigenvalue weighted by atomic mass is 10.1. The van der Waals surface area contributed by atoms with Crippen molar-refractivity contribution in [2.75, 3.05) is 32.6 Å². The van der Waals surface area contributed by atoms with E-state index < -0.39 is 0 Å². The van der Waals surface area contributed by atoms with E-state index in [2.05, 4.69) is 27.2 Å². The first-order valence-corrected chi connectivity index (χ1v) is 11.1. The molecule has 0 unspecified atom stereocenters. The van der Waals surface area contributed by atoms with Gasteiger partial charge in [0.05, 0.1) is 18.0 Å². The fourth-order valence-electron chi connectivity index (χ4n) is 4.23. The third-order valence-electron chi connectivity index (χ3n) is 5.99. The van der Waals surface area contributed by atoms with Crippen LogP contribution in [0.4, 0.5) is 11.5 Å². The SMILES string of the molecule is COc1cc(OC2CCN(C)CC2)c2c(Nc3cccc4c(Cl)cccc34)ncnc2c1.Cl.Cl. The van der Waals surface area contributed by atoms with Crippen molar-refractivity contribution in [3.8, 4) is 11.5 Å². The summed E-state index contributed by atoms with van der Waals surface area (Å²) < 4.78 is 12.0. The highest BCUT2D eigenvalue weighted by atomic mass is 35.5. The molecule has 180 valence electrons. The first-order chi connectivity index (χ1) is 15.6. The third kappa shape index (κ3) is 5.26. The van der Waals surface area contributed by atoms with Crippen LogP contribution in [0.2, 0.25) is 5.02 Å². The molecular formula is C25H27Cl3N4O2. The van der Waals surface area contributed by atoms with E-state index in [1.165, 1.54) is 0 Å². The average Bonchev–Trinajstić information content (AvgIpc) is 2.81. The summed E-state index contributed by atoms with van der Waals surface area (Å²) in [5.74, 6) is 2.13. The molecule has 1 fully saturated rings. The van der Waals surface area contributed by atoms with Gasteiger partial charge in [-0.25, -0.2) is 9.97 Å². The number of hydrogen-bond donors (Lipinski definition) is 1. The van der Waals surface area contributed by atoms with Crippen LogP contribution in [0.1, 0.15) is 12.8 Å². The molecule has 0 saturated carbocycles. The van der Waals surface area contributed by atoms with Gasteiger partial charge in [-0.15, -0.1) is 24.8 Å². The molecule has 1 N–H and O–H groups in total. The van der Waals surface area contributed by atoms with Crippen LogP contribution >= 0.6 is 36.4 Å². The first-order valence-electron chi connectivity index (χ1n) is 10.7. The van der Waals surface area contributed by atoms with E-state index in [9.17, 15) is 0 Å². The molecule has 9 heteroatoms. The van der Waals surface area contributed by atoms with E-state index in [0.29, 0.717) is 11.6 Å². The molecule has 0 radical (unpaired) electrons. The summed E-state index contributed by atoms with van der Waals surface area (Å²) in [7, 11) is 3.80. The van der Waals surface area contributed by atoms with Gasteiger partial charge in [-0.05, 0) is 32.0 Å². The molecule has 3 aromatic carbocycles. The van der Waals surface area contributed by atoms with E-state index in [1.54, 1.807) is 13.4 Å². The fraction of sp³-hybridized carbons (Fsp3) is 0.280. The molecule has 1 saturated heterocycles. The number of benzene rings is 3. The summed E-state index contributed by atoms with van der Waals surface area (Å²) >= 11 is 6.41. The highest BCUT2D eigenvalue weighted by Gasteiger charge is 2.21. The zero-order valence-electron chi connectivity index (χ0n) is 19.0. The second-order valence-corrected chi connectivity index (χ2v) is 8.54. The summed E-state index contributed by atoms with van der Waals surface area (Å²) in [6.07, 6.45) is 3.66. The Morgan fingerprint density at radius 2 is 1.74 bits per heavy atom. The van der Waals surface area contributed by atoms with Crippen LogP contribution in [0.25, 0.3) is 21.7 Å². The van der Waals surface area contributed by atoms with Crippen LogP contribution in [0.15, 0.2) is 54.9 Å². The molecule has 0 aliphatic carbocycles. The quantitative estimate of drug-likeness (QED) is 0.323. The van der Waals surface area contributed by atoms with Crippen molar-refractivity contribution in [1.82, 2.24) is 14.9 Å². The van der Waals surface area contributed by atoms with Crippen molar-refractivity contribution >= 4 is 69.6 Å². The lowest BCUT2D eigenvalue weighted by molar-refractivity contribution is 0.115. The van der Waals surface area contributed by atoms with Crippen molar-refractivity contribution in [2.24, 2.45) is 0 Å². The average molecular weight is 522 g/mol. The molecule has 0 bridgehead atoms. The lowest BCUT2D eigenvalue weighted by Crippen LogP contribution is -2.35. The standard InChI is InChI=1S/C25H25ClN4O2.2ClH/c1-30-11-9-16(10-12-30)32-23-14-17(31-2)13-22-24(23)25(28-15-27-22)29-21-8-4-5-18-19(21)6-3-7-20(18)26;;/h3-8,13-16H,9-12H2,1-2H3,(H,27,28,29);2*1H. The van der Waals surface area contributed by atoms with Crippen LogP contribution in [-0.2, 0) is 0 Å². The molecule has 0 atom stereocenters. The zero-order chi connectivity index (χ0) is 22.1. The number of likely N-dealkylation sites (tertiary alicyclic amines) is 1. The van der Waals surface area contributed by atoms with Gasteiger partial charge in [0.1, 0.15) is 29.7 Å². The van der Waals surface area contributed by atoms with Crippen LogP contribution in [0.3, 0.4) is 0 Å². The Hall–Kier alpha value is -2.51. The molecule has 4 aromatic rings. The number of nitrogens with one attached hydrogen (secondary N) is 1. The number of piperidine rings is 1. The van der Waals surface area contributed by atoms with Crippen LogP contribution in [-0.4, -0.2) is 48.2 Å². The number of nitrogens with zero attached hydrogens (tertiary/aromatic N) is 3. The van der Waals surface area contributed by atoms with Crippen molar-refractivity contribution in [3.05, 3.63) is 59.9 Å². The normalized spacial score (nSPS) is 14.3. The van der Waals surface area contributed by atoms with Crippen molar-refractivity contribution in [3.63, 3.8) is 0 Å². The first kappa shape index (κ1) is 26.1. The van der Waals surface area contributed by atoms with Crippen molar-refractivity contribution < 1.29 is 9.47 Å². The minimum Gasteiger partial charge on any atom is -0.497 e. The Balaban J connectivity index is 0.00000162. The van der Waals surface area contributed by atoms with E-state index in [0.717, 1.165) is 64.1 Å². The van der Waals surface area contributed by atoms with E-state index >= 15 is 0 Å². The highest BCUT2D eigenvalue weighted by Crippen LogP contribution is 2.38. The van der Waals surface area contributed by atoms with Gasteiger partial charge in [-0.2, -0.15) is 0 Å². The summed E-state index contributed by atoms with van der Waals surface area (Å²) in [6, 6.07) is 15.7. The fourth-order valence-corrected chi connectivity index (χ4v) is 4.46. The monoisotopic (exact) mass is 520 g/mol. The number of halogens is 3. The number of hydrogen-bond acceptors (Lipinski definition) is 6. The van der Waals surface area contributed by atoms with Gasteiger partial charge < -0.3 is 19.7 Å². The molecule has 5 rings (SSSR count). The maximum atomic E-state index is 6.50. The molecule has 1 aliphatic heterocycles. The van der Waals surface area contributed by atoms with Gasteiger partial charge in [0.25, 0.3) is 0 Å². The summed E-state index contributed by atoms with van der Waals surface area (Å²) in [6.45, 7) is 2.04. The smallest absolute Gasteiger partial charge is 0.145 e.